The zero-order valence-electron chi connectivity index (χ0n) is 9.73. The minimum atomic E-state index is -0.980. The van der Waals surface area contributed by atoms with Crippen molar-refractivity contribution >= 4 is 5.97 Å². The fourth-order valence-electron chi connectivity index (χ4n) is 1.17. The van der Waals surface area contributed by atoms with Crippen molar-refractivity contribution in [1.82, 2.24) is 0 Å². The van der Waals surface area contributed by atoms with E-state index in [9.17, 15) is 13.6 Å². The number of hydrogen-bond acceptors (Lipinski definition) is 2. The molecule has 0 radical (unpaired) electrons. The van der Waals surface area contributed by atoms with Crippen molar-refractivity contribution in [3.63, 3.8) is 0 Å². The molecule has 1 rings (SSSR count). The van der Waals surface area contributed by atoms with Gasteiger partial charge in [0.25, 0.3) is 0 Å². The molecule has 0 unspecified atom stereocenters. The zero-order chi connectivity index (χ0) is 12.5. The molecule has 0 spiro atoms. The van der Waals surface area contributed by atoms with E-state index in [1.54, 1.807) is 20.8 Å². The first kappa shape index (κ1) is 12.6. The van der Waals surface area contributed by atoms with E-state index in [-0.39, 0.29) is 5.56 Å². The lowest BCUT2D eigenvalue weighted by Gasteiger charge is -2.20. The number of rotatable bonds is 1. The fourth-order valence-corrected chi connectivity index (χ4v) is 1.17. The van der Waals surface area contributed by atoms with E-state index >= 15 is 0 Å². The highest BCUT2D eigenvalue weighted by Crippen LogP contribution is 2.20. The predicted molar refractivity (Wildman–Crippen MR) is 56.3 cm³/mol. The Morgan fingerprint density at radius 3 is 2.31 bits per heavy atom. The number of carbonyl (C=O) groups excluding carboxylic acids is 1. The Hall–Kier alpha value is -1.45. The number of benzene rings is 1. The van der Waals surface area contributed by atoms with Crippen LogP contribution in [0.15, 0.2) is 12.1 Å². The van der Waals surface area contributed by atoms with Crippen LogP contribution in [0.2, 0.25) is 0 Å². The first-order chi connectivity index (χ1) is 7.22. The Balaban J connectivity index is 3.14. The molecule has 4 heteroatoms. The number of aryl methyl sites for hydroxylation is 1. The normalized spacial score (nSPS) is 11.4. The van der Waals surface area contributed by atoms with Crippen molar-refractivity contribution in [2.45, 2.75) is 33.3 Å². The van der Waals surface area contributed by atoms with Gasteiger partial charge in [-0.1, -0.05) is 6.07 Å². The van der Waals surface area contributed by atoms with Gasteiger partial charge in [-0.3, -0.25) is 0 Å². The summed E-state index contributed by atoms with van der Waals surface area (Å²) in [5.41, 5.74) is -1.20. The van der Waals surface area contributed by atoms with Crippen LogP contribution in [0.4, 0.5) is 8.78 Å². The smallest absolute Gasteiger partial charge is 0.344 e. The minimum absolute atomic E-state index is 0.210. The summed E-state index contributed by atoms with van der Waals surface area (Å²) in [6.07, 6.45) is 0. The van der Waals surface area contributed by atoms with E-state index < -0.39 is 28.8 Å². The van der Waals surface area contributed by atoms with Gasteiger partial charge in [-0.05, 0) is 39.3 Å². The molecule has 1 aromatic carbocycles. The minimum Gasteiger partial charge on any atom is -0.456 e. The Kier molecular flexibility index (Phi) is 3.31. The number of esters is 1. The molecule has 0 fully saturated rings. The second kappa shape index (κ2) is 4.20. The van der Waals surface area contributed by atoms with Crippen molar-refractivity contribution < 1.29 is 18.3 Å². The first-order valence-corrected chi connectivity index (χ1v) is 4.90. The molecule has 0 aliphatic heterocycles. The first-order valence-electron chi connectivity index (χ1n) is 4.90. The Bertz CT molecular complexity index is 420. The van der Waals surface area contributed by atoms with Gasteiger partial charge in [-0.15, -0.1) is 0 Å². The van der Waals surface area contributed by atoms with Crippen LogP contribution in [0.1, 0.15) is 36.7 Å². The number of carbonyl (C=O) groups is 1. The lowest BCUT2D eigenvalue weighted by molar-refractivity contribution is 0.00593. The van der Waals surface area contributed by atoms with Crippen molar-refractivity contribution in [1.29, 1.82) is 0 Å². The zero-order valence-corrected chi connectivity index (χ0v) is 9.73. The van der Waals surface area contributed by atoms with Crippen LogP contribution >= 0.6 is 0 Å². The molecule has 0 saturated carbocycles. The SMILES string of the molecule is Cc1ccc(F)c(C(=O)OC(C)(C)C)c1F. The monoisotopic (exact) mass is 228 g/mol. The summed E-state index contributed by atoms with van der Waals surface area (Å²) in [5, 5.41) is 0. The van der Waals surface area contributed by atoms with Gasteiger partial charge >= 0.3 is 5.97 Å². The molecule has 0 heterocycles. The maximum Gasteiger partial charge on any atom is 0.344 e. The molecule has 0 amide bonds. The summed E-state index contributed by atoms with van der Waals surface area (Å²) >= 11 is 0. The third-order valence-corrected chi connectivity index (χ3v) is 1.89. The van der Waals surface area contributed by atoms with Crippen LogP contribution in [0.25, 0.3) is 0 Å². The van der Waals surface area contributed by atoms with Crippen LogP contribution < -0.4 is 0 Å². The van der Waals surface area contributed by atoms with Crippen LogP contribution in [-0.2, 0) is 4.74 Å². The fraction of sp³-hybridized carbons (Fsp3) is 0.417. The highest BCUT2D eigenvalue weighted by atomic mass is 19.1. The van der Waals surface area contributed by atoms with E-state index in [2.05, 4.69) is 0 Å². The third kappa shape index (κ3) is 2.78. The highest BCUT2D eigenvalue weighted by Gasteiger charge is 2.24. The maximum absolute atomic E-state index is 13.5. The van der Waals surface area contributed by atoms with Crippen molar-refractivity contribution in [3.8, 4) is 0 Å². The Morgan fingerprint density at radius 2 is 1.81 bits per heavy atom. The molecule has 0 aromatic heterocycles. The molecule has 0 aliphatic carbocycles. The second-order valence-corrected chi connectivity index (χ2v) is 4.56. The molecular weight excluding hydrogens is 214 g/mol. The van der Waals surface area contributed by atoms with Crippen LogP contribution in [0.3, 0.4) is 0 Å². The van der Waals surface area contributed by atoms with Gasteiger partial charge in [-0.2, -0.15) is 0 Å². The molecule has 0 N–H and O–H groups in total. The maximum atomic E-state index is 13.5. The lowest BCUT2D eigenvalue weighted by Crippen LogP contribution is -2.25. The molecule has 88 valence electrons. The molecular formula is C12H14F2O2. The summed E-state index contributed by atoms with van der Waals surface area (Å²) in [7, 11) is 0. The Morgan fingerprint density at radius 1 is 1.25 bits per heavy atom. The van der Waals surface area contributed by atoms with E-state index in [1.165, 1.54) is 13.0 Å². The van der Waals surface area contributed by atoms with E-state index in [4.69, 9.17) is 4.74 Å². The quantitative estimate of drug-likeness (QED) is 0.690. The van der Waals surface area contributed by atoms with Crippen LogP contribution in [0.5, 0.6) is 0 Å². The number of hydrogen-bond donors (Lipinski definition) is 0. The van der Waals surface area contributed by atoms with Crippen molar-refractivity contribution in [2.75, 3.05) is 0 Å². The molecule has 0 atom stereocenters. The largest absolute Gasteiger partial charge is 0.456 e. The van der Waals surface area contributed by atoms with E-state index in [1.807, 2.05) is 0 Å². The predicted octanol–water partition coefficient (Wildman–Crippen LogP) is 3.23. The average Bonchev–Trinajstić information content (AvgIpc) is 2.09. The molecule has 0 bridgehead atoms. The number of halogens is 2. The molecule has 0 saturated heterocycles. The van der Waals surface area contributed by atoms with Gasteiger partial charge in [0.1, 0.15) is 22.8 Å². The summed E-state index contributed by atoms with van der Waals surface area (Å²) < 4.78 is 31.8. The Labute approximate surface area is 93.2 Å². The standard InChI is InChI=1S/C12H14F2O2/c1-7-5-6-8(13)9(10(7)14)11(15)16-12(2,3)4/h5-6H,1-4H3. The second-order valence-electron chi connectivity index (χ2n) is 4.56. The average molecular weight is 228 g/mol. The number of ether oxygens (including phenoxy) is 1. The molecule has 0 aliphatic rings. The van der Waals surface area contributed by atoms with Gasteiger partial charge in [0.2, 0.25) is 0 Å². The summed E-state index contributed by atoms with van der Waals surface area (Å²) in [6, 6.07) is 2.33. The molecule has 2 nitrogen and oxygen atoms in total. The van der Waals surface area contributed by atoms with Gasteiger partial charge in [0, 0.05) is 0 Å². The van der Waals surface area contributed by atoms with E-state index in [0.29, 0.717) is 0 Å². The summed E-state index contributed by atoms with van der Waals surface area (Å²) in [5.74, 6) is -2.75. The van der Waals surface area contributed by atoms with Gasteiger partial charge in [0.15, 0.2) is 0 Å². The topological polar surface area (TPSA) is 26.3 Å². The molecule has 16 heavy (non-hydrogen) atoms. The third-order valence-electron chi connectivity index (χ3n) is 1.89. The van der Waals surface area contributed by atoms with Gasteiger partial charge in [-0.25, -0.2) is 13.6 Å². The van der Waals surface area contributed by atoms with Crippen molar-refractivity contribution in [3.05, 3.63) is 34.9 Å². The summed E-state index contributed by atoms with van der Waals surface area (Å²) in [6.45, 7) is 6.37. The lowest BCUT2D eigenvalue weighted by atomic mass is 10.1. The highest BCUT2D eigenvalue weighted by molar-refractivity contribution is 5.90. The molecule has 1 aromatic rings. The summed E-state index contributed by atoms with van der Waals surface area (Å²) in [4.78, 5) is 11.6. The van der Waals surface area contributed by atoms with E-state index in [0.717, 1.165) is 6.07 Å². The van der Waals surface area contributed by atoms with Crippen LogP contribution in [-0.4, -0.2) is 11.6 Å². The van der Waals surface area contributed by atoms with Gasteiger partial charge in [0.05, 0.1) is 0 Å². The van der Waals surface area contributed by atoms with Crippen LogP contribution in [0, 0.1) is 18.6 Å². The van der Waals surface area contributed by atoms with Gasteiger partial charge < -0.3 is 4.74 Å². The van der Waals surface area contributed by atoms with Crippen molar-refractivity contribution in [2.24, 2.45) is 0 Å².